The van der Waals surface area contributed by atoms with Crippen molar-refractivity contribution < 1.29 is 9.90 Å². The Morgan fingerprint density at radius 2 is 1.95 bits per heavy atom. The lowest BCUT2D eigenvalue weighted by Crippen LogP contribution is -2.45. The first kappa shape index (κ1) is 16.5. The van der Waals surface area contributed by atoms with Crippen LogP contribution in [-0.2, 0) is 6.42 Å². The molecule has 0 saturated heterocycles. The zero-order chi connectivity index (χ0) is 14.8. The van der Waals surface area contributed by atoms with Crippen molar-refractivity contribution in [2.45, 2.75) is 51.7 Å². The number of hydrogen-bond donors (Lipinski definition) is 3. The normalized spacial score (nSPS) is 13.6. The summed E-state index contributed by atoms with van der Waals surface area (Å²) in [5.74, 6) is 0. The van der Waals surface area contributed by atoms with E-state index in [2.05, 4.69) is 29.7 Å². The highest BCUT2D eigenvalue weighted by Gasteiger charge is 2.12. The Hall–Kier alpha value is -1.55. The van der Waals surface area contributed by atoms with Gasteiger partial charge in [0.05, 0.1) is 6.10 Å². The third kappa shape index (κ3) is 6.57. The van der Waals surface area contributed by atoms with Crippen LogP contribution in [0.5, 0.6) is 0 Å². The molecule has 0 saturated carbocycles. The summed E-state index contributed by atoms with van der Waals surface area (Å²) in [6.45, 7) is 4.37. The molecule has 2 atom stereocenters. The van der Waals surface area contributed by atoms with Gasteiger partial charge in [-0.05, 0) is 24.8 Å². The lowest BCUT2D eigenvalue weighted by atomic mass is 10.0. The highest BCUT2D eigenvalue weighted by molar-refractivity contribution is 5.74. The van der Waals surface area contributed by atoms with Crippen LogP contribution in [0.4, 0.5) is 4.79 Å². The molecule has 112 valence electrons. The molecule has 4 nitrogen and oxygen atoms in total. The maximum atomic E-state index is 11.8. The van der Waals surface area contributed by atoms with Gasteiger partial charge in [0.25, 0.3) is 0 Å². The maximum absolute atomic E-state index is 11.8. The number of benzene rings is 1. The van der Waals surface area contributed by atoms with Gasteiger partial charge in [0.2, 0.25) is 0 Å². The number of amides is 2. The molecule has 0 aromatic heterocycles. The van der Waals surface area contributed by atoms with Crippen molar-refractivity contribution >= 4 is 6.03 Å². The molecule has 1 rings (SSSR count). The summed E-state index contributed by atoms with van der Waals surface area (Å²) in [4.78, 5) is 11.8. The van der Waals surface area contributed by atoms with E-state index in [4.69, 9.17) is 0 Å². The standard InChI is InChI=1S/C16H26N2O2/c1-3-8-15(19)12-17-16(20)18-14(4-2)11-13-9-6-5-7-10-13/h5-7,9-10,14-15,19H,3-4,8,11-12H2,1-2H3,(H2,17,18,20). The summed E-state index contributed by atoms with van der Waals surface area (Å²) in [5, 5.41) is 15.3. The molecule has 2 amide bonds. The average molecular weight is 278 g/mol. The minimum atomic E-state index is -0.458. The van der Waals surface area contributed by atoms with Gasteiger partial charge in [0.15, 0.2) is 0 Å². The maximum Gasteiger partial charge on any atom is 0.315 e. The lowest BCUT2D eigenvalue weighted by Gasteiger charge is -2.18. The number of nitrogens with one attached hydrogen (secondary N) is 2. The number of aliphatic hydroxyl groups is 1. The van der Waals surface area contributed by atoms with Crippen LogP contribution in [-0.4, -0.2) is 29.8 Å². The van der Waals surface area contributed by atoms with E-state index in [9.17, 15) is 9.90 Å². The second-order valence-corrected chi connectivity index (χ2v) is 5.09. The summed E-state index contributed by atoms with van der Waals surface area (Å²) < 4.78 is 0. The smallest absolute Gasteiger partial charge is 0.315 e. The first-order valence-electron chi connectivity index (χ1n) is 7.42. The van der Waals surface area contributed by atoms with E-state index in [0.717, 1.165) is 19.3 Å². The van der Waals surface area contributed by atoms with Gasteiger partial charge < -0.3 is 15.7 Å². The second kappa shape index (κ2) is 9.37. The first-order valence-corrected chi connectivity index (χ1v) is 7.42. The Bertz CT molecular complexity index is 381. The molecule has 0 radical (unpaired) electrons. The Labute approximate surface area is 121 Å². The summed E-state index contributed by atoms with van der Waals surface area (Å²) in [7, 11) is 0. The summed E-state index contributed by atoms with van der Waals surface area (Å²) in [5.41, 5.74) is 1.21. The van der Waals surface area contributed by atoms with Gasteiger partial charge in [-0.1, -0.05) is 50.6 Å². The van der Waals surface area contributed by atoms with E-state index < -0.39 is 6.10 Å². The van der Waals surface area contributed by atoms with Crippen LogP contribution in [0.1, 0.15) is 38.7 Å². The fourth-order valence-corrected chi connectivity index (χ4v) is 2.08. The molecule has 0 spiro atoms. The molecule has 20 heavy (non-hydrogen) atoms. The van der Waals surface area contributed by atoms with Crippen LogP contribution in [0.2, 0.25) is 0 Å². The highest BCUT2D eigenvalue weighted by Crippen LogP contribution is 2.05. The van der Waals surface area contributed by atoms with E-state index in [1.165, 1.54) is 5.56 Å². The van der Waals surface area contributed by atoms with Crippen LogP contribution in [0.3, 0.4) is 0 Å². The van der Waals surface area contributed by atoms with Crippen molar-refractivity contribution in [3.8, 4) is 0 Å². The largest absolute Gasteiger partial charge is 0.391 e. The molecule has 1 aromatic rings. The van der Waals surface area contributed by atoms with Crippen LogP contribution >= 0.6 is 0 Å². The number of carbonyl (C=O) groups excluding carboxylic acids is 1. The number of carbonyl (C=O) groups is 1. The zero-order valence-corrected chi connectivity index (χ0v) is 12.4. The van der Waals surface area contributed by atoms with Crippen LogP contribution in [0, 0.1) is 0 Å². The second-order valence-electron chi connectivity index (χ2n) is 5.09. The fraction of sp³-hybridized carbons (Fsp3) is 0.562. The molecular formula is C16H26N2O2. The van der Waals surface area contributed by atoms with Crippen LogP contribution in [0.25, 0.3) is 0 Å². The topological polar surface area (TPSA) is 61.4 Å². The molecule has 4 heteroatoms. The summed E-state index contributed by atoms with van der Waals surface area (Å²) >= 11 is 0. The SMILES string of the molecule is CCCC(O)CNC(=O)NC(CC)Cc1ccccc1. The first-order chi connectivity index (χ1) is 9.65. The van der Waals surface area contributed by atoms with Gasteiger partial charge >= 0.3 is 6.03 Å². The van der Waals surface area contributed by atoms with Gasteiger partial charge in [-0.15, -0.1) is 0 Å². The molecule has 0 fully saturated rings. The highest BCUT2D eigenvalue weighted by atomic mass is 16.3. The van der Waals surface area contributed by atoms with E-state index in [1.807, 2.05) is 25.1 Å². The summed E-state index contributed by atoms with van der Waals surface area (Å²) in [6.07, 6.45) is 2.86. The number of aliphatic hydroxyl groups excluding tert-OH is 1. The van der Waals surface area contributed by atoms with Gasteiger partial charge in [0.1, 0.15) is 0 Å². The fourth-order valence-electron chi connectivity index (χ4n) is 2.08. The van der Waals surface area contributed by atoms with E-state index >= 15 is 0 Å². The molecule has 0 aliphatic rings. The van der Waals surface area contributed by atoms with Gasteiger partial charge in [0, 0.05) is 12.6 Å². The summed E-state index contributed by atoms with van der Waals surface area (Å²) in [6, 6.07) is 10.0. The van der Waals surface area contributed by atoms with Crippen molar-refractivity contribution in [3.05, 3.63) is 35.9 Å². The van der Waals surface area contributed by atoms with E-state index in [1.54, 1.807) is 0 Å². The number of hydrogen-bond acceptors (Lipinski definition) is 2. The molecule has 0 bridgehead atoms. The minimum Gasteiger partial charge on any atom is -0.391 e. The third-order valence-corrected chi connectivity index (χ3v) is 3.27. The Morgan fingerprint density at radius 1 is 1.25 bits per heavy atom. The molecule has 0 aliphatic carbocycles. The molecule has 3 N–H and O–H groups in total. The van der Waals surface area contributed by atoms with Gasteiger partial charge in [-0.3, -0.25) is 0 Å². The predicted molar refractivity (Wildman–Crippen MR) is 81.7 cm³/mol. The van der Waals surface area contributed by atoms with E-state index in [-0.39, 0.29) is 12.1 Å². The molecule has 1 aromatic carbocycles. The van der Waals surface area contributed by atoms with E-state index in [0.29, 0.717) is 13.0 Å². The predicted octanol–water partition coefficient (Wildman–Crippen LogP) is 2.47. The Balaban J connectivity index is 2.34. The molecule has 0 aliphatic heterocycles. The molecular weight excluding hydrogens is 252 g/mol. The van der Waals surface area contributed by atoms with Crippen molar-refractivity contribution in [2.24, 2.45) is 0 Å². The average Bonchev–Trinajstić information content (AvgIpc) is 2.46. The van der Waals surface area contributed by atoms with Crippen molar-refractivity contribution in [1.82, 2.24) is 10.6 Å². The number of urea groups is 1. The Morgan fingerprint density at radius 3 is 2.55 bits per heavy atom. The van der Waals surface area contributed by atoms with Gasteiger partial charge in [-0.2, -0.15) is 0 Å². The Kier molecular flexibility index (Phi) is 7.73. The number of rotatable bonds is 8. The van der Waals surface area contributed by atoms with Gasteiger partial charge in [-0.25, -0.2) is 4.79 Å². The van der Waals surface area contributed by atoms with Crippen LogP contribution < -0.4 is 10.6 Å². The van der Waals surface area contributed by atoms with Crippen LogP contribution in [0.15, 0.2) is 30.3 Å². The monoisotopic (exact) mass is 278 g/mol. The quantitative estimate of drug-likeness (QED) is 0.684. The van der Waals surface area contributed by atoms with Crippen molar-refractivity contribution in [1.29, 1.82) is 0 Å². The minimum absolute atomic E-state index is 0.112. The zero-order valence-electron chi connectivity index (χ0n) is 12.4. The van der Waals surface area contributed by atoms with Crippen molar-refractivity contribution in [2.75, 3.05) is 6.54 Å². The lowest BCUT2D eigenvalue weighted by molar-refractivity contribution is 0.160. The molecule has 2 unspecified atom stereocenters. The van der Waals surface area contributed by atoms with Crippen molar-refractivity contribution in [3.63, 3.8) is 0 Å². The molecule has 0 heterocycles. The third-order valence-electron chi connectivity index (χ3n) is 3.27.